The Hall–Kier alpha value is -2.36. The lowest BCUT2D eigenvalue weighted by atomic mass is 10.0. The Morgan fingerprint density at radius 2 is 1.69 bits per heavy atom. The van der Waals surface area contributed by atoms with Crippen molar-refractivity contribution in [3.8, 4) is 0 Å². The second-order valence-corrected chi connectivity index (χ2v) is 13.3. The van der Waals surface area contributed by atoms with Gasteiger partial charge in [-0.1, -0.05) is 12.1 Å². The maximum atomic E-state index is 13.3. The number of halogens is 2. The summed E-state index contributed by atoms with van der Waals surface area (Å²) in [6, 6.07) is 0. The van der Waals surface area contributed by atoms with Gasteiger partial charge < -0.3 is 24.7 Å². The molecule has 3 N–H and O–H groups in total. The van der Waals surface area contributed by atoms with Crippen LogP contribution in [0.4, 0.5) is 8.78 Å². The van der Waals surface area contributed by atoms with E-state index >= 15 is 0 Å². The van der Waals surface area contributed by atoms with Crippen molar-refractivity contribution < 1.29 is 39.7 Å². The molecule has 0 radical (unpaired) electrons. The standard InChI is InChI=1S/C19H33BF2N4O7S2/c1-7-15(22)13-25-10-8-18(3,34(5,27)28)16(23)31-20-32-17(26-33-20)19(4,35(6,29)30)9-11-24-12-14(2)21/h12-13,23-25H,7-11H2,1-6H3/b14-12+,15-13+,23-16?. The minimum absolute atomic E-state index is 0.0167. The van der Waals surface area contributed by atoms with Crippen LogP contribution < -0.4 is 10.6 Å². The Balaban J connectivity index is 2.94. The van der Waals surface area contributed by atoms with Crippen LogP contribution in [0, 0.1) is 5.41 Å². The van der Waals surface area contributed by atoms with Crippen molar-refractivity contribution in [2.45, 2.75) is 56.5 Å². The number of allylic oxidation sites excluding steroid dienone is 2. The summed E-state index contributed by atoms with van der Waals surface area (Å²) in [4.78, 5) is 0. The van der Waals surface area contributed by atoms with Gasteiger partial charge >= 0.3 is 7.32 Å². The van der Waals surface area contributed by atoms with E-state index in [0.717, 1.165) is 24.9 Å². The highest BCUT2D eigenvalue weighted by atomic mass is 32.2. The van der Waals surface area contributed by atoms with E-state index in [1.54, 1.807) is 6.92 Å². The fraction of sp³-hybridized carbons (Fsp3) is 0.684. The summed E-state index contributed by atoms with van der Waals surface area (Å²) in [5, 5.41) is 17.2. The summed E-state index contributed by atoms with van der Waals surface area (Å²) in [6.45, 7) is 5.50. The number of nitrogens with one attached hydrogen (secondary N) is 3. The quantitative estimate of drug-likeness (QED) is 0.129. The van der Waals surface area contributed by atoms with E-state index in [0.29, 0.717) is 0 Å². The average Bonchev–Trinajstić information content (AvgIpc) is 3.20. The Morgan fingerprint density at radius 1 is 1.11 bits per heavy atom. The first-order chi connectivity index (χ1) is 16.0. The van der Waals surface area contributed by atoms with Gasteiger partial charge in [-0.25, -0.2) is 25.6 Å². The molecule has 1 aliphatic heterocycles. The van der Waals surface area contributed by atoms with E-state index in [1.165, 1.54) is 20.8 Å². The van der Waals surface area contributed by atoms with Gasteiger partial charge in [0.2, 0.25) is 5.90 Å². The Kier molecular flexibility index (Phi) is 10.6. The van der Waals surface area contributed by atoms with Crippen LogP contribution in [0.1, 0.15) is 47.0 Å². The van der Waals surface area contributed by atoms with Crippen LogP contribution in [0.3, 0.4) is 0 Å². The Morgan fingerprint density at radius 3 is 2.20 bits per heavy atom. The predicted octanol–water partition coefficient (Wildman–Crippen LogP) is 1.94. The van der Waals surface area contributed by atoms with Crippen molar-refractivity contribution in [3.63, 3.8) is 0 Å². The van der Waals surface area contributed by atoms with Crippen molar-refractivity contribution in [2.75, 3.05) is 25.6 Å². The maximum Gasteiger partial charge on any atom is 0.887 e. The van der Waals surface area contributed by atoms with E-state index < -0.39 is 54.0 Å². The molecule has 0 saturated carbocycles. The number of sulfone groups is 2. The van der Waals surface area contributed by atoms with Gasteiger partial charge in [-0.05, 0) is 40.0 Å². The summed E-state index contributed by atoms with van der Waals surface area (Å²) in [7, 11) is -9.41. The first-order valence-electron chi connectivity index (χ1n) is 10.7. The second-order valence-electron chi connectivity index (χ2n) is 8.45. The third kappa shape index (κ3) is 8.09. The number of oxime groups is 1. The van der Waals surface area contributed by atoms with E-state index in [2.05, 4.69) is 15.8 Å². The highest BCUT2D eigenvalue weighted by molar-refractivity contribution is 7.93. The maximum absolute atomic E-state index is 13.3. The fourth-order valence-corrected chi connectivity index (χ4v) is 4.48. The molecule has 16 heteroatoms. The first-order valence-corrected chi connectivity index (χ1v) is 14.5. The zero-order chi connectivity index (χ0) is 27.1. The van der Waals surface area contributed by atoms with Gasteiger partial charge in [0.05, 0.1) is 0 Å². The van der Waals surface area contributed by atoms with Crippen molar-refractivity contribution in [2.24, 2.45) is 5.16 Å². The SMILES string of the molecule is CC/C(F)=C\NCCC(C)(C(=N)OB1ON=C(C(C)(CCN/C=C(\C)F)S(C)(=O)=O)O1)S(C)(=O)=O. The number of hydrogen-bond acceptors (Lipinski definition) is 11. The van der Waals surface area contributed by atoms with Crippen LogP contribution in [0.15, 0.2) is 29.2 Å². The molecule has 0 aliphatic carbocycles. The topological polar surface area (TPSA) is 156 Å². The lowest BCUT2D eigenvalue weighted by Gasteiger charge is -2.29. The lowest BCUT2D eigenvalue weighted by molar-refractivity contribution is 0.237. The Bertz CT molecular complexity index is 1080. The average molecular weight is 542 g/mol. The smallest absolute Gasteiger partial charge is 0.476 e. The molecule has 2 unspecified atom stereocenters. The fourth-order valence-electron chi connectivity index (χ4n) is 2.75. The van der Waals surface area contributed by atoms with E-state index in [4.69, 9.17) is 19.5 Å². The summed E-state index contributed by atoms with van der Waals surface area (Å²) in [5.74, 6) is -2.00. The van der Waals surface area contributed by atoms with Crippen LogP contribution in [0.5, 0.6) is 0 Å². The van der Waals surface area contributed by atoms with Gasteiger partial charge in [-0.15, -0.1) is 0 Å². The van der Waals surface area contributed by atoms with Crippen molar-refractivity contribution >= 4 is 38.8 Å². The summed E-state index contributed by atoms with van der Waals surface area (Å²) in [5.41, 5.74) is 0. The monoisotopic (exact) mass is 542 g/mol. The molecule has 35 heavy (non-hydrogen) atoms. The highest BCUT2D eigenvalue weighted by Crippen LogP contribution is 2.29. The molecule has 0 aromatic rings. The molecule has 200 valence electrons. The summed E-state index contributed by atoms with van der Waals surface area (Å²) in [6.07, 6.45) is 4.03. The largest absolute Gasteiger partial charge is 0.887 e. The zero-order valence-corrected chi connectivity index (χ0v) is 22.3. The first kappa shape index (κ1) is 30.7. The van der Waals surface area contributed by atoms with Crippen LogP contribution in [-0.4, -0.2) is 71.0 Å². The van der Waals surface area contributed by atoms with E-state index in [1.807, 2.05) is 0 Å². The third-order valence-corrected chi connectivity index (χ3v) is 9.65. The van der Waals surface area contributed by atoms with E-state index in [-0.39, 0.29) is 38.2 Å². The van der Waals surface area contributed by atoms with Crippen molar-refractivity contribution in [1.29, 1.82) is 5.41 Å². The molecule has 1 heterocycles. The number of rotatable bonds is 14. The van der Waals surface area contributed by atoms with Crippen molar-refractivity contribution in [1.82, 2.24) is 10.6 Å². The minimum Gasteiger partial charge on any atom is -0.476 e. The van der Waals surface area contributed by atoms with Crippen molar-refractivity contribution in [3.05, 3.63) is 24.1 Å². The summed E-state index contributed by atoms with van der Waals surface area (Å²) < 4.78 is 88.1. The molecule has 0 aromatic heterocycles. The minimum atomic E-state index is -3.89. The molecule has 0 fully saturated rings. The molecule has 2 atom stereocenters. The molecule has 1 aliphatic rings. The zero-order valence-electron chi connectivity index (χ0n) is 20.6. The van der Waals surface area contributed by atoms with Gasteiger partial charge in [0.25, 0.3) is 0 Å². The highest BCUT2D eigenvalue weighted by Gasteiger charge is 2.52. The molecular weight excluding hydrogens is 509 g/mol. The van der Waals surface area contributed by atoms with E-state index in [9.17, 15) is 25.6 Å². The van der Waals surface area contributed by atoms with Crippen LogP contribution in [-0.2, 0) is 33.7 Å². The Labute approximate surface area is 205 Å². The molecule has 0 spiro atoms. The molecular formula is C19H33BF2N4O7S2. The lowest BCUT2D eigenvalue weighted by Crippen LogP contribution is -2.49. The third-order valence-electron chi connectivity index (χ3n) is 5.60. The van der Waals surface area contributed by atoms with Gasteiger partial charge in [0.1, 0.15) is 21.1 Å². The van der Waals surface area contributed by atoms with Gasteiger partial charge in [-0.3, -0.25) is 5.41 Å². The van der Waals surface area contributed by atoms with Crippen LogP contribution in [0.25, 0.3) is 0 Å². The van der Waals surface area contributed by atoms with Crippen LogP contribution >= 0.6 is 0 Å². The predicted molar refractivity (Wildman–Crippen MR) is 130 cm³/mol. The second kappa shape index (κ2) is 12.1. The molecule has 0 aromatic carbocycles. The molecule has 0 bridgehead atoms. The number of nitrogens with zero attached hydrogens (tertiary/aromatic N) is 1. The van der Waals surface area contributed by atoms with Gasteiger partial charge in [0.15, 0.2) is 25.6 Å². The summed E-state index contributed by atoms with van der Waals surface area (Å²) >= 11 is 0. The molecule has 11 nitrogen and oxygen atoms in total. The molecule has 0 amide bonds. The molecule has 1 rings (SSSR count). The normalized spacial score (nSPS) is 18.5. The van der Waals surface area contributed by atoms with Gasteiger partial charge in [-0.2, -0.15) is 0 Å². The number of hydrogen-bond donors (Lipinski definition) is 3. The molecule has 0 saturated heterocycles. The van der Waals surface area contributed by atoms with Gasteiger partial charge in [0, 0.05) is 38.0 Å². The van der Waals surface area contributed by atoms with Crippen LogP contribution in [0.2, 0.25) is 0 Å².